The number of thiophene rings is 1. The fourth-order valence-corrected chi connectivity index (χ4v) is 4.14. The number of carbonyl (C=O) groups is 1. The second-order valence-electron chi connectivity index (χ2n) is 6.43. The van der Waals surface area contributed by atoms with E-state index in [9.17, 15) is 14.4 Å². The first-order valence-corrected chi connectivity index (χ1v) is 9.64. The number of fused-ring (bicyclic) bond motifs is 1. The van der Waals surface area contributed by atoms with Crippen molar-refractivity contribution in [3.05, 3.63) is 74.7 Å². The van der Waals surface area contributed by atoms with Crippen LogP contribution in [-0.2, 0) is 16.1 Å². The van der Waals surface area contributed by atoms with Gasteiger partial charge in [0.15, 0.2) is 0 Å². The third-order valence-electron chi connectivity index (χ3n) is 4.55. The molecule has 4 aromatic rings. The molecule has 1 atom stereocenters. The molecule has 29 heavy (non-hydrogen) atoms. The Bertz CT molecular complexity index is 1290. The van der Waals surface area contributed by atoms with E-state index in [0.717, 1.165) is 10.1 Å². The highest BCUT2D eigenvalue weighted by Crippen LogP contribution is 2.28. The van der Waals surface area contributed by atoms with Crippen LogP contribution in [0.4, 0.5) is 0 Å². The summed E-state index contributed by atoms with van der Waals surface area (Å²) in [6, 6.07) is 8.09. The van der Waals surface area contributed by atoms with Crippen molar-refractivity contribution in [3.63, 3.8) is 0 Å². The molecule has 10 heteroatoms. The average molecular weight is 411 g/mol. The maximum Gasteiger partial charge on any atom is 0.330 e. The molecule has 1 unspecified atom stereocenters. The van der Waals surface area contributed by atoms with E-state index >= 15 is 0 Å². The lowest BCUT2D eigenvalue weighted by Gasteiger charge is -2.13. The van der Waals surface area contributed by atoms with Crippen molar-refractivity contribution in [2.24, 2.45) is 0 Å². The second-order valence-corrected chi connectivity index (χ2v) is 7.43. The van der Waals surface area contributed by atoms with Crippen LogP contribution in [0.5, 0.6) is 0 Å². The van der Waals surface area contributed by atoms with E-state index in [1.54, 1.807) is 6.92 Å². The lowest BCUT2D eigenvalue weighted by atomic mass is 10.2. The molecule has 0 spiro atoms. The maximum absolute atomic E-state index is 13.1. The van der Waals surface area contributed by atoms with E-state index in [-0.39, 0.29) is 6.61 Å². The molecule has 0 aliphatic heterocycles. The molecule has 148 valence electrons. The normalized spacial score (nSPS) is 12.2. The van der Waals surface area contributed by atoms with Gasteiger partial charge in [0.1, 0.15) is 22.5 Å². The number of aryl methyl sites for hydroxylation is 1. The van der Waals surface area contributed by atoms with Gasteiger partial charge < -0.3 is 4.74 Å². The Morgan fingerprint density at radius 1 is 1.21 bits per heavy atom. The molecule has 9 nitrogen and oxygen atoms in total. The Balaban J connectivity index is 1.70. The number of aromatic amines is 1. The molecule has 1 aromatic carbocycles. The first-order chi connectivity index (χ1) is 14.0. The molecule has 3 aromatic heterocycles. The van der Waals surface area contributed by atoms with E-state index in [1.807, 2.05) is 30.3 Å². The minimum atomic E-state index is -1.08. The van der Waals surface area contributed by atoms with Crippen LogP contribution in [0.2, 0.25) is 0 Å². The highest BCUT2D eigenvalue weighted by atomic mass is 32.1. The lowest BCUT2D eigenvalue weighted by molar-refractivity contribution is -0.148. The summed E-state index contributed by atoms with van der Waals surface area (Å²) in [6.45, 7) is 3.28. The van der Waals surface area contributed by atoms with Gasteiger partial charge in [-0.3, -0.25) is 9.78 Å². The van der Waals surface area contributed by atoms with Crippen molar-refractivity contribution < 1.29 is 9.53 Å². The van der Waals surface area contributed by atoms with E-state index in [2.05, 4.69) is 15.2 Å². The van der Waals surface area contributed by atoms with Crippen molar-refractivity contribution in [2.45, 2.75) is 26.5 Å². The van der Waals surface area contributed by atoms with Gasteiger partial charge in [-0.2, -0.15) is 10.2 Å². The number of aromatic nitrogens is 5. The lowest BCUT2D eigenvalue weighted by Crippen LogP contribution is -2.40. The molecule has 0 aliphatic carbocycles. The largest absolute Gasteiger partial charge is 0.459 e. The van der Waals surface area contributed by atoms with Crippen LogP contribution in [0.25, 0.3) is 15.2 Å². The van der Waals surface area contributed by atoms with Gasteiger partial charge in [-0.15, -0.1) is 4.80 Å². The molecule has 0 aliphatic rings. The summed E-state index contributed by atoms with van der Waals surface area (Å²) in [7, 11) is 0. The molecule has 0 saturated carbocycles. The number of hydrogen-bond acceptors (Lipinski definition) is 7. The third-order valence-corrected chi connectivity index (χ3v) is 5.72. The standard InChI is InChI=1S/C19H17N5O4S/c1-11-14-15(29-17(11)24-20-8-9-21-24)22-19(27)23(16(14)25)12(2)18(26)28-10-13-6-4-3-5-7-13/h3-9,12H,10H2,1-2H3,(H,22,27). The molecular weight excluding hydrogens is 394 g/mol. The van der Waals surface area contributed by atoms with Crippen LogP contribution < -0.4 is 11.2 Å². The van der Waals surface area contributed by atoms with Crippen molar-refractivity contribution in [2.75, 3.05) is 0 Å². The summed E-state index contributed by atoms with van der Waals surface area (Å²) >= 11 is 1.20. The van der Waals surface area contributed by atoms with Gasteiger partial charge in [-0.1, -0.05) is 41.7 Å². The van der Waals surface area contributed by atoms with Gasteiger partial charge in [-0.25, -0.2) is 14.2 Å². The Hall–Kier alpha value is -3.53. The Labute approximate surface area is 168 Å². The molecular formula is C19H17N5O4S. The zero-order chi connectivity index (χ0) is 20.5. The van der Waals surface area contributed by atoms with Gasteiger partial charge in [-0.05, 0) is 19.4 Å². The monoisotopic (exact) mass is 411 g/mol. The van der Waals surface area contributed by atoms with E-state index in [4.69, 9.17) is 4.74 Å². The molecule has 3 heterocycles. The minimum absolute atomic E-state index is 0.0610. The predicted molar refractivity (Wildman–Crippen MR) is 107 cm³/mol. The number of H-pyrrole nitrogens is 1. The molecule has 1 N–H and O–H groups in total. The third kappa shape index (κ3) is 3.38. The van der Waals surface area contributed by atoms with Gasteiger partial charge >= 0.3 is 11.7 Å². The molecule has 4 rings (SSSR count). The molecule has 0 bridgehead atoms. The van der Waals surface area contributed by atoms with Crippen molar-refractivity contribution >= 4 is 27.5 Å². The average Bonchev–Trinajstić information content (AvgIpc) is 3.34. The number of ether oxygens (including phenoxy) is 1. The summed E-state index contributed by atoms with van der Waals surface area (Å²) in [6.07, 6.45) is 3.05. The maximum atomic E-state index is 13.1. The molecule has 0 fully saturated rings. The van der Waals surface area contributed by atoms with Gasteiger partial charge in [0, 0.05) is 5.56 Å². The number of nitrogens with zero attached hydrogens (tertiary/aromatic N) is 4. The summed E-state index contributed by atoms with van der Waals surface area (Å²) in [5.41, 5.74) is 0.212. The van der Waals surface area contributed by atoms with Crippen LogP contribution >= 0.6 is 11.3 Å². The Morgan fingerprint density at radius 2 is 1.90 bits per heavy atom. The number of hydrogen-bond donors (Lipinski definition) is 1. The first-order valence-electron chi connectivity index (χ1n) is 8.82. The summed E-state index contributed by atoms with van der Waals surface area (Å²) in [4.78, 5) is 42.6. The number of benzene rings is 1. The highest BCUT2D eigenvalue weighted by Gasteiger charge is 2.24. The zero-order valence-corrected chi connectivity index (χ0v) is 16.5. The Kier molecular flexibility index (Phi) is 4.85. The van der Waals surface area contributed by atoms with Crippen molar-refractivity contribution in [1.29, 1.82) is 0 Å². The SMILES string of the molecule is Cc1c(-n2nccn2)sc2[nH]c(=O)n(C(C)C(=O)OCc3ccccc3)c(=O)c12. The molecule has 0 amide bonds. The summed E-state index contributed by atoms with van der Waals surface area (Å²) < 4.78 is 6.17. The van der Waals surface area contributed by atoms with Crippen LogP contribution in [0, 0.1) is 6.92 Å². The number of carbonyl (C=O) groups excluding carboxylic acids is 1. The van der Waals surface area contributed by atoms with Crippen LogP contribution in [0.15, 0.2) is 52.3 Å². The quantitative estimate of drug-likeness (QED) is 0.503. The van der Waals surface area contributed by atoms with Crippen LogP contribution in [-0.4, -0.2) is 30.5 Å². The van der Waals surface area contributed by atoms with Crippen LogP contribution in [0.1, 0.15) is 24.1 Å². The fraction of sp³-hybridized carbons (Fsp3) is 0.211. The zero-order valence-electron chi connectivity index (χ0n) is 15.7. The van der Waals surface area contributed by atoms with Crippen molar-refractivity contribution in [1.82, 2.24) is 24.5 Å². The summed E-state index contributed by atoms with van der Waals surface area (Å²) in [5.74, 6) is -0.664. The van der Waals surface area contributed by atoms with Gasteiger partial charge in [0.2, 0.25) is 0 Å². The summed E-state index contributed by atoms with van der Waals surface area (Å²) in [5, 5.41) is 9.09. The topological polar surface area (TPSA) is 112 Å². The highest BCUT2D eigenvalue weighted by molar-refractivity contribution is 7.21. The minimum Gasteiger partial charge on any atom is -0.459 e. The van der Waals surface area contributed by atoms with Gasteiger partial charge in [0.25, 0.3) is 5.56 Å². The van der Waals surface area contributed by atoms with Crippen LogP contribution in [0.3, 0.4) is 0 Å². The number of nitrogens with one attached hydrogen (secondary N) is 1. The smallest absolute Gasteiger partial charge is 0.330 e. The van der Waals surface area contributed by atoms with E-state index in [0.29, 0.717) is 20.8 Å². The van der Waals surface area contributed by atoms with E-state index in [1.165, 1.54) is 35.5 Å². The predicted octanol–water partition coefficient (Wildman–Crippen LogP) is 1.94. The fourth-order valence-electron chi connectivity index (χ4n) is 3.03. The number of esters is 1. The number of rotatable bonds is 5. The Morgan fingerprint density at radius 3 is 2.59 bits per heavy atom. The molecule has 0 radical (unpaired) electrons. The van der Waals surface area contributed by atoms with E-state index < -0.39 is 23.3 Å². The molecule has 0 saturated heterocycles. The van der Waals surface area contributed by atoms with Gasteiger partial charge in [0.05, 0.1) is 17.8 Å². The first kappa shape index (κ1) is 18.8. The van der Waals surface area contributed by atoms with Crippen molar-refractivity contribution in [3.8, 4) is 5.00 Å². The second kappa shape index (κ2) is 7.47.